The van der Waals surface area contributed by atoms with Gasteiger partial charge in [-0.3, -0.25) is 4.79 Å². The first kappa shape index (κ1) is 11.8. The standard InChI is InChI=1S/C13H18O2/c1-3-7-10(2)12(13(14)15)11-8-5-4-6-9-11/h4-6,8-10,12H,3,7H2,1-2H3,(H,14,15)/t10-,12-/m0/s1. The van der Waals surface area contributed by atoms with Gasteiger partial charge in [0.15, 0.2) is 0 Å². The number of rotatable bonds is 5. The molecule has 0 saturated carbocycles. The lowest BCUT2D eigenvalue weighted by atomic mass is 9.85. The summed E-state index contributed by atoms with van der Waals surface area (Å²) in [4.78, 5) is 11.2. The molecule has 15 heavy (non-hydrogen) atoms. The van der Waals surface area contributed by atoms with Crippen LogP contribution in [0.4, 0.5) is 0 Å². The lowest BCUT2D eigenvalue weighted by Crippen LogP contribution is -2.19. The summed E-state index contributed by atoms with van der Waals surface area (Å²) in [5, 5.41) is 9.22. The van der Waals surface area contributed by atoms with Gasteiger partial charge in [0.05, 0.1) is 5.92 Å². The van der Waals surface area contributed by atoms with Gasteiger partial charge in [-0.15, -0.1) is 0 Å². The van der Waals surface area contributed by atoms with Gasteiger partial charge < -0.3 is 5.11 Å². The number of carboxylic acid groups (broad SMARTS) is 1. The first-order valence-electron chi connectivity index (χ1n) is 5.44. The van der Waals surface area contributed by atoms with Crippen LogP contribution in [0.2, 0.25) is 0 Å². The maximum absolute atomic E-state index is 11.2. The van der Waals surface area contributed by atoms with Crippen LogP contribution in [0.3, 0.4) is 0 Å². The fraction of sp³-hybridized carbons (Fsp3) is 0.462. The number of carboxylic acids is 1. The van der Waals surface area contributed by atoms with Crippen LogP contribution in [-0.4, -0.2) is 11.1 Å². The van der Waals surface area contributed by atoms with Gasteiger partial charge >= 0.3 is 5.97 Å². The van der Waals surface area contributed by atoms with Gasteiger partial charge in [0.1, 0.15) is 0 Å². The zero-order valence-corrected chi connectivity index (χ0v) is 9.31. The average molecular weight is 206 g/mol. The van der Waals surface area contributed by atoms with Crippen LogP contribution >= 0.6 is 0 Å². The Hall–Kier alpha value is -1.31. The molecule has 2 atom stereocenters. The summed E-state index contributed by atoms with van der Waals surface area (Å²) in [6, 6.07) is 9.48. The van der Waals surface area contributed by atoms with Crippen molar-refractivity contribution in [2.45, 2.75) is 32.6 Å². The largest absolute Gasteiger partial charge is 0.481 e. The minimum absolute atomic E-state index is 0.190. The van der Waals surface area contributed by atoms with Crippen LogP contribution in [0.1, 0.15) is 38.2 Å². The third-order valence-corrected chi connectivity index (χ3v) is 2.74. The molecular weight excluding hydrogens is 188 g/mol. The molecule has 0 radical (unpaired) electrons. The van der Waals surface area contributed by atoms with E-state index < -0.39 is 5.97 Å². The van der Waals surface area contributed by atoms with Gasteiger partial charge in [-0.2, -0.15) is 0 Å². The number of benzene rings is 1. The predicted octanol–water partition coefficient (Wildman–Crippen LogP) is 3.29. The Morgan fingerprint density at radius 1 is 1.33 bits per heavy atom. The third kappa shape index (κ3) is 3.08. The highest BCUT2D eigenvalue weighted by Crippen LogP contribution is 2.27. The van der Waals surface area contributed by atoms with Crippen LogP contribution in [-0.2, 0) is 4.79 Å². The van der Waals surface area contributed by atoms with Crippen molar-refractivity contribution in [3.8, 4) is 0 Å². The molecule has 0 fully saturated rings. The molecule has 0 spiro atoms. The maximum atomic E-state index is 11.2. The molecule has 1 N–H and O–H groups in total. The Kier molecular flexibility index (Phi) is 4.35. The van der Waals surface area contributed by atoms with Gasteiger partial charge in [0, 0.05) is 0 Å². The molecule has 0 saturated heterocycles. The molecule has 0 unspecified atom stereocenters. The zero-order chi connectivity index (χ0) is 11.3. The Balaban J connectivity index is 2.88. The quantitative estimate of drug-likeness (QED) is 0.802. The maximum Gasteiger partial charge on any atom is 0.311 e. The summed E-state index contributed by atoms with van der Waals surface area (Å²) in [7, 11) is 0. The van der Waals surface area contributed by atoms with Gasteiger partial charge in [-0.05, 0) is 17.9 Å². The highest BCUT2D eigenvalue weighted by Gasteiger charge is 2.25. The first-order valence-corrected chi connectivity index (χ1v) is 5.44. The lowest BCUT2D eigenvalue weighted by Gasteiger charge is -2.19. The first-order chi connectivity index (χ1) is 7.16. The second-order valence-corrected chi connectivity index (χ2v) is 3.99. The molecule has 0 aliphatic rings. The number of aliphatic carboxylic acids is 1. The van der Waals surface area contributed by atoms with Crippen LogP contribution in [0.15, 0.2) is 30.3 Å². The molecule has 2 nitrogen and oxygen atoms in total. The highest BCUT2D eigenvalue weighted by molar-refractivity contribution is 5.76. The number of hydrogen-bond donors (Lipinski definition) is 1. The molecule has 0 heterocycles. The lowest BCUT2D eigenvalue weighted by molar-refractivity contribution is -0.140. The normalized spacial score (nSPS) is 14.5. The van der Waals surface area contributed by atoms with Crippen molar-refractivity contribution in [2.75, 3.05) is 0 Å². The molecule has 1 aromatic carbocycles. The molecule has 2 heteroatoms. The molecule has 0 aliphatic heterocycles. The van der Waals surface area contributed by atoms with Crippen molar-refractivity contribution in [3.63, 3.8) is 0 Å². The molecule has 0 bridgehead atoms. The second kappa shape index (κ2) is 5.54. The summed E-state index contributed by atoms with van der Waals surface area (Å²) in [6.07, 6.45) is 1.98. The number of carbonyl (C=O) groups is 1. The van der Waals surface area contributed by atoms with Gasteiger partial charge in [-0.1, -0.05) is 50.6 Å². The van der Waals surface area contributed by atoms with E-state index in [0.29, 0.717) is 0 Å². The zero-order valence-electron chi connectivity index (χ0n) is 9.31. The summed E-state index contributed by atoms with van der Waals surface area (Å²) < 4.78 is 0. The van der Waals surface area contributed by atoms with E-state index >= 15 is 0 Å². The average Bonchev–Trinajstić information content (AvgIpc) is 2.19. The van der Waals surface area contributed by atoms with Gasteiger partial charge in [0.25, 0.3) is 0 Å². The van der Waals surface area contributed by atoms with E-state index in [9.17, 15) is 9.90 Å². The van der Waals surface area contributed by atoms with Crippen LogP contribution in [0.25, 0.3) is 0 Å². The van der Waals surface area contributed by atoms with Crippen LogP contribution < -0.4 is 0 Å². The fourth-order valence-corrected chi connectivity index (χ4v) is 2.00. The number of hydrogen-bond acceptors (Lipinski definition) is 1. The van der Waals surface area contributed by atoms with Crippen LogP contribution in [0.5, 0.6) is 0 Å². The summed E-state index contributed by atoms with van der Waals surface area (Å²) in [5.74, 6) is -0.900. The van der Waals surface area contributed by atoms with E-state index in [2.05, 4.69) is 6.92 Å². The predicted molar refractivity (Wildman–Crippen MR) is 60.9 cm³/mol. The Morgan fingerprint density at radius 3 is 2.40 bits per heavy atom. The van der Waals surface area contributed by atoms with Crippen molar-refractivity contribution >= 4 is 5.97 Å². The van der Waals surface area contributed by atoms with E-state index in [0.717, 1.165) is 18.4 Å². The summed E-state index contributed by atoms with van der Waals surface area (Å²) >= 11 is 0. The van der Waals surface area contributed by atoms with Crippen LogP contribution in [0, 0.1) is 5.92 Å². The van der Waals surface area contributed by atoms with Crippen molar-refractivity contribution in [3.05, 3.63) is 35.9 Å². The monoisotopic (exact) mass is 206 g/mol. The van der Waals surface area contributed by atoms with Gasteiger partial charge in [0.2, 0.25) is 0 Å². The smallest absolute Gasteiger partial charge is 0.311 e. The van der Waals surface area contributed by atoms with E-state index in [-0.39, 0.29) is 11.8 Å². The molecule has 82 valence electrons. The Morgan fingerprint density at radius 2 is 1.93 bits per heavy atom. The second-order valence-electron chi connectivity index (χ2n) is 3.99. The Bertz CT molecular complexity index is 306. The molecule has 1 rings (SSSR count). The van der Waals surface area contributed by atoms with E-state index in [1.54, 1.807) is 0 Å². The third-order valence-electron chi connectivity index (χ3n) is 2.74. The van der Waals surface area contributed by atoms with Crippen molar-refractivity contribution in [2.24, 2.45) is 5.92 Å². The topological polar surface area (TPSA) is 37.3 Å². The Labute approximate surface area is 90.9 Å². The minimum Gasteiger partial charge on any atom is -0.481 e. The highest BCUT2D eigenvalue weighted by atomic mass is 16.4. The summed E-state index contributed by atoms with van der Waals surface area (Å²) in [5.41, 5.74) is 0.908. The van der Waals surface area contributed by atoms with E-state index in [1.807, 2.05) is 37.3 Å². The summed E-state index contributed by atoms with van der Waals surface area (Å²) in [6.45, 7) is 4.09. The van der Waals surface area contributed by atoms with Crippen molar-refractivity contribution < 1.29 is 9.90 Å². The van der Waals surface area contributed by atoms with E-state index in [4.69, 9.17) is 0 Å². The molecule has 0 amide bonds. The molecule has 1 aromatic rings. The fourth-order valence-electron chi connectivity index (χ4n) is 2.00. The van der Waals surface area contributed by atoms with Crippen molar-refractivity contribution in [1.82, 2.24) is 0 Å². The van der Waals surface area contributed by atoms with Gasteiger partial charge in [-0.25, -0.2) is 0 Å². The molecular formula is C13H18O2. The van der Waals surface area contributed by atoms with E-state index in [1.165, 1.54) is 0 Å². The molecule has 0 aliphatic carbocycles. The minimum atomic E-state index is -0.720. The molecule has 0 aromatic heterocycles. The SMILES string of the molecule is CCC[C@H](C)[C@H](C(=O)O)c1ccccc1. The van der Waals surface area contributed by atoms with Crippen molar-refractivity contribution in [1.29, 1.82) is 0 Å².